The summed E-state index contributed by atoms with van der Waals surface area (Å²) in [5.74, 6) is 0. The third-order valence-corrected chi connectivity index (χ3v) is 3.66. The maximum Gasteiger partial charge on any atom is 0.0444 e. The minimum Gasteiger partial charge on any atom is -0.315 e. The third-order valence-electron chi connectivity index (χ3n) is 3.33. The van der Waals surface area contributed by atoms with Gasteiger partial charge >= 0.3 is 0 Å². The van der Waals surface area contributed by atoms with Crippen molar-refractivity contribution in [3.05, 3.63) is 34.9 Å². The smallest absolute Gasteiger partial charge is 0.0444 e. The van der Waals surface area contributed by atoms with Gasteiger partial charge in [0.05, 0.1) is 0 Å². The zero-order valence-electron chi connectivity index (χ0n) is 9.96. The van der Waals surface area contributed by atoms with Crippen LogP contribution < -0.4 is 5.32 Å². The zero-order chi connectivity index (χ0) is 11.6. The summed E-state index contributed by atoms with van der Waals surface area (Å²) in [7, 11) is 2.17. The number of benzene rings is 1. The molecule has 1 N–H and O–H groups in total. The molecule has 0 radical (unpaired) electrons. The lowest BCUT2D eigenvalue weighted by atomic mass is 9.82. The maximum absolute atomic E-state index is 6.30. The number of hydrogen-bond donors (Lipinski definition) is 1. The van der Waals surface area contributed by atoms with Crippen LogP contribution in [0.3, 0.4) is 0 Å². The van der Waals surface area contributed by atoms with Gasteiger partial charge in [-0.15, -0.1) is 0 Å². The van der Waals surface area contributed by atoms with Crippen molar-refractivity contribution in [1.82, 2.24) is 10.2 Å². The van der Waals surface area contributed by atoms with Crippen molar-refractivity contribution < 1.29 is 0 Å². The van der Waals surface area contributed by atoms with E-state index in [1.807, 2.05) is 12.1 Å². The normalized spacial score (nSPS) is 27.7. The van der Waals surface area contributed by atoms with Crippen LogP contribution in [0, 0.1) is 0 Å². The van der Waals surface area contributed by atoms with E-state index in [0.717, 1.165) is 31.2 Å². The van der Waals surface area contributed by atoms with E-state index in [0.29, 0.717) is 0 Å². The van der Waals surface area contributed by atoms with Crippen molar-refractivity contribution in [1.29, 1.82) is 0 Å². The molecule has 1 fully saturated rings. The zero-order valence-corrected chi connectivity index (χ0v) is 10.7. The van der Waals surface area contributed by atoms with Crippen molar-refractivity contribution >= 4 is 11.6 Å². The van der Waals surface area contributed by atoms with Gasteiger partial charge in [-0.05, 0) is 18.7 Å². The maximum atomic E-state index is 6.30. The lowest BCUT2D eigenvalue weighted by Crippen LogP contribution is -2.40. The Hall–Kier alpha value is -0.570. The van der Waals surface area contributed by atoms with E-state index < -0.39 is 0 Å². The predicted octanol–water partition coefficient (Wildman–Crippen LogP) is 2.13. The van der Waals surface area contributed by atoms with Gasteiger partial charge in [0.2, 0.25) is 0 Å². The molecule has 0 aliphatic carbocycles. The molecule has 2 rings (SSSR count). The van der Waals surface area contributed by atoms with Gasteiger partial charge in [0.15, 0.2) is 0 Å². The Morgan fingerprint density at radius 1 is 1.38 bits per heavy atom. The highest BCUT2D eigenvalue weighted by molar-refractivity contribution is 6.31. The number of rotatable bonds is 1. The van der Waals surface area contributed by atoms with Crippen molar-refractivity contribution in [2.75, 3.05) is 33.2 Å². The minimum absolute atomic E-state index is 0.101. The van der Waals surface area contributed by atoms with Crippen molar-refractivity contribution in [2.45, 2.75) is 12.3 Å². The summed E-state index contributed by atoms with van der Waals surface area (Å²) in [4.78, 5) is 2.36. The first kappa shape index (κ1) is 11.9. The van der Waals surface area contributed by atoms with Crippen LogP contribution >= 0.6 is 11.6 Å². The van der Waals surface area contributed by atoms with Crippen LogP contribution in [-0.2, 0) is 5.41 Å². The molecule has 16 heavy (non-hydrogen) atoms. The fourth-order valence-corrected chi connectivity index (χ4v) is 2.86. The average Bonchev–Trinajstić information content (AvgIpc) is 2.41. The van der Waals surface area contributed by atoms with Gasteiger partial charge in [0.1, 0.15) is 0 Å². The molecule has 2 nitrogen and oxygen atoms in total. The molecule has 1 unspecified atom stereocenters. The molecule has 0 bridgehead atoms. The van der Waals surface area contributed by atoms with E-state index in [-0.39, 0.29) is 5.41 Å². The Morgan fingerprint density at radius 2 is 2.12 bits per heavy atom. The molecule has 0 spiro atoms. The Balaban J connectivity index is 2.32. The van der Waals surface area contributed by atoms with Gasteiger partial charge < -0.3 is 10.2 Å². The van der Waals surface area contributed by atoms with Gasteiger partial charge in [0, 0.05) is 36.6 Å². The van der Waals surface area contributed by atoms with Gasteiger partial charge in [0.25, 0.3) is 0 Å². The summed E-state index contributed by atoms with van der Waals surface area (Å²) in [6.07, 6.45) is 0. The van der Waals surface area contributed by atoms with Crippen LogP contribution in [0.4, 0.5) is 0 Å². The highest BCUT2D eigenvalue weighted by Gasteiger charge is 2.31. The second-order valence-corrected chi connectivity index (χ2v) is 5.36. The lowest BCUT2D eigenvalue weighted by molar-refractivity contribution is 0.290. The molecule has 1 aromatic rings. The molecule has 1 aliphatic heterocycles. The fraction of sp³-hybridized carbons (Fsp3) is 0.538. The number of nitrogens with zero attached hydrogens (tertiary/aromatic N) is 1. The molecule has 1 heterocycles. The van der Waals surface area contributed by atoms with Gasteiger partial charge in [-0.3, -0.25) is 0 Å². The molecule has 0 aromatic heterocycles. The van der Waals surface area contributed by atoms with Crippen molar-refractivity contribution in [2.24, 2.45) is 0 Å². The molecule has 88 valence electrons. The number of hydrogen-bond acceptors (Lipinski definition) is 2. The van der Waals surface area contributed by atoms with E-state index in [1.165, 1.54) is 5.56 Å². The molecular formula is C13H19ClN2. The van der Waals surface area contributed by atoms with Crippen molar-refractivity contribution in [3.8, 4) is 0 Å². The average molecular weight is 239 g/mol. The topological polar surface area (TPSA) is 15.3 Å². The van der Waals surface area contributed by atoms with Gasteiger partial charge in [-0.2, -0.15) is 0 Å². The molecule has 1 aromatic carbocycles. The number of likely N-dealkylation sites (N-methyl/N-ethyl adjacent to an activating group) is 1. The fourth-order valence-electron chi connectivity index (χ4n) is 2.50. The first-order valence-corrected chi connectivity index (χ1v) is 6.14. The summed E-state index contributed by atoms with van der Waals surface area (Å²) in [6.45, 7) is 6.46. The van der Waals surface area contributed by atoms with Crippen LogP contribution in [0.25, 0.3) is 0 Å². The second-order valence-electron chi connectivity index (χ2n) is 4.96. The van der Waals surface area contributed by atoms with Crippen LogP contribution in [0.1, 0.15) is 12.5 Å². The summed E-state index contributed by atoms with van der Waals surface area (Å²) in [5.41, 5.74) is 1.35. The van der Waals surface area contributed by atoms with Crippen LogP contribution in [0.2, 0.25) is 5.02 Å². The summed E-state index contributed by atoms with van der Waals surface area (Å²) in [6, 6.07) is 8.18. The first-order chi connectivity index (χ1) is 7.62. The second kappa shape index (κ2) is 4.74. The molecule has 3 heteroatoms. The predicted molar refractivity (Wildman–Crippen MR) is 69.2 cm³/mol. The standard InChI is InChI=1S/C13H19ClN2/c1-13(9-15-7-8-16(2)10-13)11-5-3-4-6-12(11)14/h3-6,15H,7-10H2,1-2H3. The molecule has 1 saturated heterocycles. The van der Waals surface area contributed by atoms with Crippen LogP contribution in [-0.4, -0.2) is 38.1 Å². The summed E-state index contributed by atoms with van der Waals surface area (Å²) < 4.78 is 0. The van der Waals surface area contributed by atoms with E-state index in [4.69, 9.17) is 11.6 Å². The van der Waals surface area contributed by atoms with Gasteiger partial charge in [-0.25, -0.2) is 0 Å². The number of nitrogens with one attached hydrogen (secondary N) is 1. The Bertz CT molecular complexity index is 367. The quantitative estimate of drug-likeness (QED) is 0.807. The molecule has 1 aliphatic rings. The highest BCUT2D eigenvalue weighted by atomic mass is 35.5. The van der Waals surface area contributed by atoms with E-state index in [1.54, 1.807) is 0 Å². The van der Waals surface area contributed by atoms with E-state index in [2.05, 4.69) is 36.3 Å². The molecule has 0 saturated carbocycles. The summed E-state index contributed by atoms with van der Waals surface area (Å²) >= 11 is 6.30. The monoisotopic (exact) mass is 238 g/mol. The van der Waals surface area contributed by atoms with Gasteiger partial charge in [-0.1, -0.05) is 36.7 Å². The molecular weight excluding hydrogens is 220 g/mol. The summed E-state index contributed by atoms with van der Waals surface area (Å²) in [5, 5.41) is 4.37. The Labute approximate surface area is 103 Å². The Kier molecular flexibility index (Phi) is 3.53. The highest BCUT2D eigenvalue weighted by Crippen LogP contribution is 2.30. The van der Waals surface area contributed by atoms with Crippen LogP contribution in [0.15, 0.2) is 24.3 Å². The van der Waals surface area contributed by atoms with E-state index >= 15 is 0 Å². The third kappa shape index (κ3) is 2.40. The number of halogens is 1. The molecule has 0 amide bonds. The Morgan fingerprint density at radius 3 is 2.88 bits per heavy atom. The SMILES string of the molecule is CN1CCNCC(C)(c2ccccc2Cl)C1. The lowest BCUT2D eigenvalue weighted by Gasteiger charge is -2.32. The largest absolute Gasteiger partial charge is 0.315 e. The molecule has 1 atom stereocenters. The minimum atomic E-state index is 0.101. The van der Waals surface area contributed by atoms with Crippen LogP contribution in [0.5, 0.6) is 0 Å². The van der Waals surface area contributed by atoms with E-state index in [9.17, 15) is 0 Å². The first-order valence-electron chi connectivity index (χ1n) is 5.76. The van der Waals surface area contributed by atoms with Crippen molar-refractivity contribution in [3.63, 3.8) is 0 Å².